The zero-order valence-electron chi connectivity index (χ0n) is 41.5. The van der Waals surface area contributed by atoms with Gasteiger partial charge in [0.2, 0.25) is 11.8 Å². The van der Waals surface area contributed by atoms with Crippen LogP contribution in [0.1, 0.15) is 85.5 Å². The third-order valence-electron chi connectivity index (χ3n) is 15.9. The predicted molar refractivity (Wildman–Crippen MR) is 293 cm³/mol. The number of nitrogens with one attached hydrogen (secondary N) is 2. The first-order valence-corrected chi connectivity index (χ1v) is 27.0. The summed E-state index contributed by atoms with van der Waals surface area (Å²) >= 11 is 17.9. The molecule has 12 nitrogen and oxygen atoms in total. The van der Waals surface area contributed by atoms with Crippen LogP contribution in [0.25, 0.3) is 34.0 Å². The molecular formula is C58H66Cl3FN6O6. The van der Waals surface area contributed by atoms with E-state index in [1.807, 2.05) is 12.1 Å². The van der Waals surface area contributed by atoms with E-state index in [4.69, 9.17) is 34.8 Å². The lowest BCUT2D eigenvalue weighted by Gasteiger charge is -2.43. The van der Waals surface area contributed by atoms with Crippen LogP contribution in [0.2, 0.25) is 15.1 Å². The van der Waals surface area contributed by atoms with Gasteiger partial charge in [-0.05, 0) is 172 Å². The van der Waals surface area contributed by atoms with E-state index in [0.717, 1.165) is 62.9 Å². The minimum absolute atomic E-state index is 0.132. The lowest BCUT2D eigenvalue weighted by molar-refractivity contribution is -0.140. The van der Waals surface area contributed by atoms with E-state index in [1.165, 1.54) is 57.8 Å². The second-order valence-corrected chi connectivity index (χ2v) is 22.0. The van der Waals surface area contributed by atoms with E-state index in [0.29, 0.717) is 92.4 Å². The highest BCUT2D eigenvalue weighted by Gasteiger charge is 2.42. The first-order chi connectivity index (χ1) is 35.6. The summed E-state index contributed by atoms with van der Waals surface area (Å²) < 4.78 is 13.5. The Balaban J connectivity index is 0.000000182. The Morgan fingerprint density at radius 2 is 0.959 bits per heavy atom. The summed E-state index contributed by atoms with van der Waals surface area (Å²) in [7, 11) is 0. The smallest absolute Gasteiger partial charge is 0.246 e. The molecule has 4 aromatic carbocycles. The predicted octanol–water partition coefficient (Wildman–Crippen LogP) is 9.65. The molecule has 6 aromatic rings. The van der Waals surface area contributed by atoms with E-state index < -0.39 is 29.2 Å². The number of benzene rings is 4. The Hall–Kier alpha value is -5.06. The van der Waals surface area contributed by atoms with Gasteiger partial charge in [-0.2, -0.15) is 0 Å². The van der Waals surface area contributed by atoms with Crippen LogP contribution in [0.4, 0.5) is 4.39 Å². The number of nitrogens with zero attached hydrogens (tertiary/aromatic N) is 4. The van der Waals surface area contributed by atoms with Crippen LogP contribution < -0.4 is 0 Å². The molecule has 0 radical (unpaired) electrons. The molecule has 0 spiro atoms. The standard InChI is InChI=1S/C29H33Cl2N3O3.C29H33ClFN3O3/c2*30-22-15-20(16-23(31)17-22)5-6-28(36)34-13-9-29(37,10-14-34)27(35)19-33-11-7-21(8-12-33)25-18-32-26-4-2-1-3-24(25)26/h2*1-6,15-18,21,27,32,35,37H,7-14,19H2/b2*6-5+. The molecular weight excluding hydrogens is 1000 g/mol. The van der Waals surface area contributed by atoms with Crippen molar-refractivity contribution in [2.45, 2.75) is 86.6 Å². The third-order valence-corrected chi connectivity index (χ3v) is 16.5. The molecule has 0 saturated carbocycles. The molecule has 6 N–H and O–H groups in total. The number of fused-ring (bicyclic) bond motifs is 2. The zero-order chi connectivity index (χ0) is 52.0. The van der Waals surface area contributed by atoms with Crippen LogP contribution in [-0.4, -0.2) is 151 Å². The number of likely N-dealkylation sites (tertiary alicyclic amines) is 4. The number of hydrogen-bond donors (Lipinski definition) is 6. The number of rotatable bonds is 12. The topological polar surface area (TPSA) is 160 Å². The first kappa shape index (κ1) is 53.8. The summed E-state index contributed by atoms with van der Waals surface area (Å²) in [5.41, 5.74) is 3.93. The number of H-pyrrole nitrogens is 2. The Morgan fingerprint density at radius 3 is 1.36 bits per heavy atom. The van der Waals surface area contributed by atoms with Crippen molar-refractivity contribution in [3.8, 4) is 0 Å². The molecule has 4 fully saturated rings. The number of amides is 2. The molecule has 2 atom stereocenters. The zero-order valence-corrected chi connectivity index (χ0v) is 43.8. The van der Waals surface area contributed by atoms with Gasteiger partial charge in [-0.3, -0.25) is 9.59 Å². The monoisotopic (exact) mass is 1070 g/mol. The fraction of sp³-hybridized carbons (Fsp3) is 0.414. The van der Waals surface area contributed by atoms with Crippen molar-refractivity contribution in [3.05, 3.63) is 153 Å². The molecule has 2 amide bonds. The Bertz CT molecular complexity index is 2710. The van der Waals surface area contributed by atoms with E-state index in [2.05, 4.69) is 68.6 Å². The molecule has 392 valence electrons. The first-order valence-electron chi connectivity index (χ1n) is 25.9. The molecule has 2 aromatic heterocycles. The number of para-hydroxylation sites is 2. The maximum Gasteiger partial charge on any atom is 0.246 e. The molecule has 10 rings (SSSR count). The van der Waals surface area contributed by atoms with Crippen molar-refractivity contribution in [3.63, 3.8) is 0 Å². The molecule has 6 heterocycles. The normalized spacial score (nSPS) is 20.1. The molecule has 16 heteroatoms. The average molecular weight is 1070 g/mol. The summed E-state index contributed by atoms with van der Waals surface area (Å²) in [4.78, 5) is 39.9. The van der Waals surface area contributed by atoms with Crippen LogP contribution in [-0.2, 0) is 9.59 Å². The highest BCUT2D eigenvalue weighted by atomic mass is 35.5. The molecule has 0 bridgehead atoms. The van der Waals surface area contributed by atoms with Gasteiger partial charge in [0, 0.05) is 101 Å². The fourth-order valence-corrected chi connectivity index (χ4v) is 12.1. The summed E-state index contributed by atoms with van der Waals surface area (Å²) in [6.07, 6.45) is 14.1. The largest absolute Gasteiger partial charge is 0.389 e. The van der Waals surface area contributed by atoms with Gasteiger partial charge in [-0.1, -0.05) is 71.2 Å². The number of aliphatic hydroxyl groups is 4. The number of aliphatic hydroxyl groups excluding tert-OH is 2. The van der Waals surface area contributed by atoms with Gasteiger partial charge in [0.05, 0.1) is 23.4 Å². The maximum atomic E-state index is 13.5. The molecule has 4 saturated heterocycles. The Kier molecular flexibility index (Phi) is 17.3. The lowest BCUT2D eigenvalue weighted by Crippen LogP contribution is -2.56. The van der Waals surface area contributed by atoms with Crippen molar-refractivity contribution in [2.75, 3.05) is 65.4 Å². The third kappa shape index (κ3) is 13.1. The fourth-order valence-electron chi connectivity index (χ4n) is 11.3. The molecule has 4 aliphatic rings. The second-order valence-electron chi connectivity index (χ2n) is 20.7. The van der Waals surface area contributed by atoms with Gasteiger partial charge in [-0.25, -0.2) is 4.39 Å². The average Bonchev–Trinajstić information content (AvgIpc) is 4.03. The van der Waals surface area contributed by atoms with Crippen LogP contribution >= 0.6 is 34.8 Å². The molecule has 2 unspecified atom stereocenters. The molecule has 74 heavy (non-hydrogen) atoms. The van der Waals surface area contributed by atoms with Gasteiger partial charge < -0.3 is 50.0 Å². The number of β-amino-alcohol motifs (C(OH)–C–C–N with tert-alkyl or cyclic N) is 2. The van der Waals surface area contributed by atoms with Crippen LogP contribution in [0.15, 0.2) is 109 Å². The van der Waals surface area contributed by atoms with Gasteiger partial charge in [0.15, 0.2) is 0 Å². The summed E-state index contributed by atoms with van der Waals surface area (Å²) in [6, 6.07) is 26.0. The molecule has 4 aliphatic heterocycles. The van der Waals surface area contributed by atoms with Gasteiger partial charge in [0.25, 0.3) is 0 Å². The van der Waals surface area contributed by atoms with Gasteiger partial charge in [-0.15, -0.1) is 0 Å². The summed E-state index contributed by atoms with van der Waals surface area (Å²) in [5, 5.41) is 48.1. The van der Waals surface area contributed by atoms with Crippen LogP contribution in [0.5, 0.6) is 0 Å². The van der Waals surface area contributed by atoms with E-state index in [-0.39, 0.29) is 16.8 Å². The van der Waals surface area contributed by atoms with Crippen LogP contribution in [0, 0.1) is 5.82 Å². The highest BCUT2D eigenvalue weighted by molar-refractivity contribution is 6.34. The maximum absolute atomic E-state index is 13.5. The number of halogens is 4. The van der Waals surface area contributed by atoms with Crippen LogP contribution in [0.3, 0.4) is 0 Å². The Labute approximate surface area is 447 Å². The number of piperidine rings is 4. The van der Waals surface area contributed by atoms with Crippen molar-refractivity contribution in [1.29, 1.82) is 0 Å². The molecule has 0 aliphatic carbocycles. The minimum atomic E-state index is -1.22. The van der Waals surface area contributed by atoms with E-state index >= 15 is 0 Å². The number of aromatic amines is 2. The minimum Gasteiger partial charge on any atom is -0.389 e. The number of hydrogen-bond acceptors (Lipinski definition) is 8. The number of carbonyl (C=O) groups is 2. The summed E-state index contributed by atoms with van der Waals surface area (Å²) in [6.45, 7) is 5.89. The van der Waals surface area contributed by atoms with Gasteiger partial charge >= 0.3 is 0 Å². The number of carbonyl (C=O) groups excluding carboxylic acids is 2. The lowest BCUT2D eigenvalue weighted by atomic mass is 9.84. The summed E-state index contributed by atoms with van der Waals surface area (Å²) in [5.74, 6) is 0.179. The van der Waals surface area contributed by atoms with Crippen molar-refractivity contribution >= 4 is 80.6 Å². The quantitative estimate of drug-likeness (QED) is 0.0662. The Morgan fingerprint density at radius 1 is 0.581 bits per heavy atom. The second kappa shape index (κ2) is 23.9. The SMILES string of the molecule is O=C(/C=C/c1cc(Cl)cc(Cl)c1)N1CCC(O)(C(O)CN2CCC(c3c[nH]c4ccccc34)CC2)CC1.O=C(/C=C/c1cc(F)cc(Cl)c1)N1CCC(O)(C(O)CN2CCC(c3c[nH]c4ccccc34)CC2)CC1. The van der Waals surface area contributed by atoms with Crippen molar-refractivity contribution < 1.29 is 34.4 Å². The van der Waals surface area contributed by atoms with E-state index in [9.17, 15) is 34.4 Å². The van der Waals surface area contributed by atoms with Crippen molar-refractivity contribution in [1.82, 2.24) is 29.6 Å². The highest BCUT2D eigenvalue weighted by Crippen LogP contribution is 2.36. The van der Waals surface area contributed by atoms with Gasteiger partial charge in [0.1, 0.15) is 5.82 Å². The van der Waals surface area contributed by atoms with E-state index in [1.54, 1.807) is 40.1 Å². The number of aromatic nitrogens is 2. The van der Waals surface area contributed by atoms with Crippen molar-refractivity contribution in [2.24, 2.45) is 0 Å².